The molecule has 1 N–H and O–H groups in total. The van der Waals surface area contributed by atoms with E-state index in [-0.39, 0.29) is 11.8 Å². The first-order chi connectivity index (χ1) is 9.22. The quantitative estimate of drug-likeness (QED) is 0.843. The van der Waals surface area contributed by atoms with E-state index < -0.39 is 0 Å². The molecule has 19 heavy (non-hydrogen) atoms. The van der Waals surface area contributed by atoms with Crippen molar-refractivity contribution in [2.45, 2.75) is 38.6 Å². The Morgan fingerprint density at radius 2 is 2.37 bits per heavy atom. The topological polar surface area (TPSA) is 52.9 Å². The van der Waals surface area contributed by atoms with Gasteiger partial charge < -0.3 is 5.32 Å². The summed E-state index contributed by atoms with van der Waals surface area (Å²) in [5.41, 5.74) is 1.20. The van der Waals surface area contributed by atoms with Crippen LogP contribution in [-0.4, -0.2) is 18.4 Å². The summed E-state index contributed by atoms with van der Waals surface area (Å²) in [6.45, 7) is 3.22. The minimum atomic E-state index is 0.131. The van der Waals surface area contributed by atoms with E-state index in [1.807, 2.05) is 0 Å². The molecule has 100 valence electrons. The highest BCUT2D eigenvalue weighted by Gasteiger charge is 2.22. The van der Waals surface area contributed by atoms with Crippen LogP contribution >= 0.6 is 0 Å². The standard InChI is InChI=1S/C16H20N2O/c1-2-12-6-7-18-15(9-12)10-16(19)14-5-3-4-13(8-14)11-17/h3-5,8,12,15,18H,2,6-7,9-10H2,1H3. The van der Waals surface area contributed by atoms with E-state index in [1.165, 1.54) is 12.8 Å². The number of hydrogen-bond donors (Lipinski definition) is 1. The number of nitrogens with one attached hydrogen (secondary N) is 1. The van der Waals surface area contributed by atoms with E-state index in [0.717, 1.165) is 18.9 Å². The maximum absolute atomic E-state index is 12.2. The molecule has 1 aliphatic rings. The number of piperidine rings is 1. The Bertz CT molecular complexity index is 490. The fraction of sp³-hybridized carbons (Fsp3) is 0.500. The Balaban J connectivity index is 1.98. The highest BCUT2D eigenvalue weighted by atomic mass is 16.1. The zero-order chi connectivity index (χ0) is 13.7. The first-order valence-corrected chi connectivity index (χ1v) is 6.99. The van der Waals surface area contributed by atoms with Gasteiger partial charge in [-0.2, -0.15) is 5.26 Å². The van der Waals surface area contributed by atoms with Crippen LogP contribution in [0.4, 0.5) is 0 Å². The lowest BCUT2D eigenvalue weighted by Gasteiger charge is -2.29. The molecule has 0 amide bonds. The van der Waals surface area contributed by atoms with Gasteiger partial charge in [0.25, 0.3) is 0 Å². The zero-order valence-electron chi connectivity index (χ0n) is 11.4. The molecule has 0 aromatic heterocycles. The predicted octanol–water partition coefficient (Wildman–Crippen LogP) is 2.91. The largest absolute Gasteiger partial charge is 0.314 e. The summed E-state index contributed by atoms with van der Waals surface area (Å²) in [6, 6.07) is 9.34. The van der Waals surface area contributed by atoms with Crippen LogP contribution in [0.15, 0.2) is 24.3 Å². The van der Waals surface area contributed by atoms with Crippen LogP contribution in [0.25, 0.3) is 0 Å². The number of hydrogen-bond acceptors (Lipinski definition) is 3. The normalized spacial score (nSPS) is 22.7. The Hall–Kier alpha value is -1.66. The van der Waals surface area contributed by atoms with Crippen molar-refractivity contribution in [3.05, 3.63) is 35.4 Å². The molecule has 1 heterocycles. The van der Waals surface area contributed by atoms with Crippen molar-refractivity contribution in [2.24, 2.45) is 5.92 Å². The molecule has 2 atom stereocenters. The van der Waals surface area contributed by atoms with Gasteiger partial charge in [0.1, 0.15) is 0 Å². The lowest BCUT2D eigenvalue weighted by atomic mass is 9.87. The predicted molar refractivity (Wildman–Crippen MR) is 74.9 cm³/mol. The first-order valence-electron chi connectivity index (χ1n) is 6.99. The Labute approximate surface area is 114 Å². The number of carbonyl (C=O) groups is 1. The monoisotopic (exact) mass is 256 g/mol. The summed E-state index contributed by atoms with van der Waals surface area (Å²) >= 11 is 0. The molecule has 3 heteroatoms. The number of rotatable bonds is 4. The van der Waals surface area contributed by atoms with E-state index in [4.69, 9.17) is 5.26 Å². The summed E-state index contributed by atoms with van der Waals surface area (Å²) < 4.78 is 0. The van der Waals surface area contributed by atoms with Gasteiger partial charge in [-0.15, -0.1) is 0 Å². The van der Waals surface area contributed by atoms with Crippen LogP contribution in [0.5, 0.6) is 0 Å². The van der Waals surface area contributed by atoms with Crippen molar-refractivity contribution >= 4 is 5.78 Å². The summed E-state index contributed by atoms with van der Waals surface area (Å²) in [5, 5.41) is 12.3. The third-order valence-corrected chi connectivity index (χ3v) is 3.93. The van der Waals surface area contributed by atoms with E-state index in [1.54, 1.807) is 24.3 Å². The van der Waals surface area contributed by atoms with Gasteiger partial charge >= 0.3 is 0 Å². The summed E-state index contributed by atoms with van der Waals surface area (Å²) in [5.74, 6) is 0.871. The van der Waals surface area contributed by atoms with Gasteiger partial charge in [0.05, 0.1) is 11.6 Å². The lowest BCUT2D eigenvalue weighted by molar-refractivity contribution is 0.0957. The number of nitriles is 1. The molecule has 1 fully saturated rings. The van der Waals surface area contributed by atoms with Crippen molar-refractivity contribution in [3.63, 3.8) is 0 Å². The van der Waals surface area contributed by atoms with Crippen LogP contribution in [0.3, 0.4) is 0 Å². The second kappa shape index (κ2) is 6.49. The van der Waals surface area contributed by atoms with Gasteiger partial charge in [0.2, 0.25) is 0 Å². The molecule has 0 radical (unpaired) electrons. The molecule has 2 rings (SSSR count). The minimum absolute atomic E-state index is 0.131. The minimum Gasteiger partial charge on any atom is -0.314 e. The Morgan fingerprint density at radius 3 is 3.11 bits per heavy atom. The van der Waals surface area contributed by atoms with E-state index in [2.05, 4.69) is 18.3 Å². The Morgan fingerprint density at radius 1 is 1.53 bits per heavy atom. The molecular weight excluding hydrogens is 236 g/mol. The van der Waals surface area contributed by atoms with Gasteiger partial charge in [-0.3, -0.25) is 4.79 Å². The highest BCUT2D eigenvalue weighted by molar-refractivity contribution is 5.96. The van der Waals surface area contributed by atoms with Crippen molar-refractivity contribution in [2.75, 3.05) is 6.54 Å². The molecule has 0 saturated carbocycles. The van der Waals surface area contributed by atoms with E-state index in [0.29, 0.717) is 17.5 Å². The van der Waals surface area contributed by atoms with Gasteiger partial charge in [0, 0.05) is 18.0 Å². The SMILES string of the molecule is CCC1CCNC(CC(=O)c2cccc(C#N)c2)C1. The van der Waals surface area contributed by atoms with Crippen LogP contribution in [-0.2, 0) is 0 Å². The lowest BCUT2D eigenvalue weighted by Crippen LogP contribution is -2.39. The first kappa shape index (κ1) is 13.8. The maximum atomic E-state index is 12.2. The molecule has 2 unspecified atom stereocenters. The fourth-order valence-electron chi connectivity index (χ4n) is 2.73. The second-order valence-corrected chi connectivity index (χ2v) is 5.27. The summed E-state index contributed by atoms with van der Waals surface area (Å²) in [6.07, 6.45) is 4.02. The average Bonchev–Trinajstić information content (AvgIpc) is 2.47. The van der Waals surface area contributed by atoms with Crippen molar-refractivity contribution < 1.29 is 4.79 Å². The third-order valence-electron chi connectivity index (χ3n) is 3.93. The number of Topliss-reactive ketones (excluding diaryl/α,β-unsaturated/α-hetero) is 1. The number of ketones is 1. The van der Waals surface area contributed by atoms with Gasteiger partial charge in [-0.1, -0.05) is 25.5 Å². The van der Waals surface area contributed by atoms with E-state index >= 15 is 0 Å². The van der Waals surface area contributed by atoms with E-state index in [9.17, 15) is 4.79 Å². The molecule has 0 spiro atoms. The molecule has 0 aliphatic carbocycles. The van der Waals surface area contributed by atoms with Crippen LogP contribution in [0, 0.1) is 17.2 Å². The maximum Gasteiger partial charge on any atom is 0.164 e. The molecule has 1 saturated heterocycles. The number of carbonyl (C=O) groups excluding carboxylic acids is 1. The van der Waals surface area contributed by atoms with Crippen LogP contribution in [0.1, 0.15) is 48.5 Å². The smallest absolute Gasteiger partial charge is 0.164 e. The van der Waals surface area contributed by atoms with Crippen molar-refractivity contribution in [1.82, 2.24) is 5.32 Å². The third kappa shape index (κ3) is 3.65. The number of benzene rings is 1. The van der Waals surface area contributed by atoms with Crippen molar-refractivity contribution in [3.8, 4) is 6.07 Å². The van der Waals surface area contributed by atoms with Gasteiger partial charge in [-0.25, -0.2) is 0 Å². The van der Waals surface area contributed by atoms with Gasteiger partial charge in [0.15, 0.2) is 5.78 Å². The second-order valence-electron chi connectivity index (χ2n) is 5.27. The molecular formula is C16H20N2O. The Kier molecular flexibility index (Phi) is 4.70. The highest BCUT2D eigenvalue weighted by Crippen LogP contribution is 2.22. The molecule has 1 aromatic carbocycles. The molecule has 1 aromatic rings. The fourth-order valence-corrected chi connectivity index (χ4v) is 2.73. The molecule has 0 bridgehead atoms. The summed E-state index contributed by atoms with van der Waals surface area (Å²) in [7, 11) is 0. The van der Waals surface area contributed by atoms with Crippen molar-refractivity contribution in [1.29, 1.82) is 5.26 Å². The van der Waals surface area contributed by atoms with Crippen LogP contribution < -0.4 is 5.32 Å². The zero-order valence-corrected chi connectivity index (χ0v) is 11.4. The molecule has 3 nitrogen and oxygen atoms in total. The number of nitrogens with zero attached hydrogens (tertiary/aromatic N) is 1. The molecule has 1 aliphatic heterocycles. The average molecular weight is 256 g/mol. The summed E-state index contributed by atoms with van der Waals surface area (Å²) in [4.78, 5) is 12.2. The van der Waals surface area contributed by atoms with Gasteiger partial charge in [-0.05, 0) is 37.4 Å². The van der Waals surface area contributed by atoms with Crippen LogP contribution in [0.2, 0.25) is 0 Å².